The molecule has 0 saturated heterocycles. The average molecular weight is 236 g/mol. The third-order valence-corrected chi connectivity index (χ3v) is 2.73. The number of nitrogens with zero attached hydrogens (tertiary/aromatic N) is 3. The van der Waals surface area contributed by atoms with Crippen molar-refractivity contribution in [3.05, 3.63) is 18.0 Å². The molecule has 0 radical (unpaired) electrons. The zero-order chi connectivity index (χ0) is 12.9. The van der Waals surface area contributed by atoms with Gasteiger partial charge in [0.05, 0.1) is 0 Å². The van der Waals surface area contributed by atoms with Crippen LogP contribution in [0.25, 0.3) is 0 Å². The van der Waals surface area contributed by atoms with E-state index in [0.717, 1.165) is 31.2 Å². The minimum absolute atomic E-state index is 0.0856. The van der Waals surface area contributed by atoms with Gasteiger partial charge in [-0.2, -0.15) is 0 Å². The maximum Gasteiger partial charge on any atom is 0.225 e. The molecule has 0 aromatic carbocycles. The van der Waals surface area contributed by atoms with E-state index in [1.54, 1.807) is 0 Å². The number of anilines is 1. The lowest BCUT2D eigenvalue weighted by molar-refractivity contribution is 0.375. The molecule has 1 rings (SSSR count). The van der Waals surface area contributed by atoms with Gasteiger partial charge in [-0.3, -0.25) is 0 Å². The Kier molecular flexibility index (Phi) is 4.87. The SMILES string of the molecule is CCCN(CC(C)(C)CN)c1nccc(C)n1. The Bertz CT molecular complexity index is 349. The van der Waals surface area contributed by atoms with Gasteiger partial charge in [0.1, 0.15) is 0 Å². The number of hydrogen-bond acceptors (Lipinski definition) is 4. The van der Waals surface area contributed by atoms with Crippen molar-refractivity contribution in [2.75, 3.05) is 24.5 Å². The van der Waals surface area contributed by atoms with Crippen LogP contribution in [0.2, 0.25) is 0 Å². The molecule has 0 amide bonds. The molecule has 1 aromatic rings. The van der Waals surface area contributed by atoms with Crippen LogP contribution in [0.4, 0.5) is 5.95 Å². The summed E-state index contributed by atoms with van der Waals surface area (Å²) < 4.78 is 0. The molecule has 0 spiro atoms. The molecule has 0 aliphatic carbocycles. The molecular formula is C13H24N4. The maximum atomic E-state index is 5.79. The Labute approximate surface area is 104 Å². The molecule has 17 heavy (non-hydrogen) atoms. The summed E-state index contributed by atoms with van der Waals surface area (Å²) in [5.41, 5.74) is 6.88. The first-order valence-electron chi connectivity index (χ1n) is 6.23. The van der Waals surface area contributed by atoms with E-state index in [4.69, 9.17) is 5.73 Å². The van der Waals surface area contributed by atoms with E-state index in [-0.39, 0.29) is 5.41 Å². The molecule has 0 bridgehead atoms. The zero-order valence-electron chi connectivity index (χ0n) is 11.4. The van der Waals surface area contributed by atoms with E-state index >= 15 is 0 Å². The molecular weight excluding hydrogens is 212 g/mol. The lowest BCUT2D eigenvalue weighted by atomic mass is 9.93. The highest BCUT2D eigenvalue weighted by molar-refractivity contribution is 5.30. The Morgan fingerprint density at radius 2 is 2.12 bits per heavy atom. The second-order valence-electron chi connectivity index (χ2n) is 5.29. The van der Waals surface area contributed by atoms with Gasteiger partial charge in [0.15, 0.2) is 0 Å². The van der Waals surface area contributed by atoms with Crippen LogP contribution in [0.3, 0.4) is 0 Å². The first-order valence-corrected chi connectivity index (χ1v) is 6.23. The van der Waals surface area contributed by atoms with Gasteiger partial charge >= 0.3 is 0 Å². The number of aromatic nitrogens is 2. The van der Waals surface area contributed by atoms with E-state index in [9.17, 15) is 0 Å². The zero-order valence-corrected chi connectivity index (χ0v) is 11.4. The molecule has 0 aliphatic rings. The summed E-state index contributed by atoms with van der Waals surface area (Å²) in [5.74, 6) is 0.813. The van der Waals surface area contributed by atoms with Crippen molar-refractivity contribution < 1.29 is 0 Å². The monoisotopic (exact) mass is 236 g/mol. The molecule has 0 unspecified atom stereocenters. The largest absolute Gasteiger partial charge is 0.340 e. The number of hydrogen-bond donors (Lipinski definition) is 1. The van der Waals surface area contributed by atoms with Crippen LogP contribution in [0, 0.1) is 12.3 Å². The highest BCUT2D eigenvalue weighted by Gasteiger charge is 2.21. The minimum atomic E-state index is 0.0856. The van der Waals surface area contributed by atoms with E-state index in [1.165, 1.54) is 0 Å². The summed E-state index contributed by atoms with van der Waals surface area (Å²) in [7, 11) is 0. The molecule has 1 aromatic heterocycles. The Hall–Kier alpha value is -1.16. The lowest BCUT2D eigenvalue weighted by Gasteiger charge is -2.31. The number of nitrogens with two attached hydrogens (primary N) is 1. The summed E-state index contributed by atoms with van der Waals surface area (Å²) >= 11 is 0. The van der Waals surface area contributed by atoms with Crippen LogP contribution in [-0.4, -0.2) is 29.6 Å². The van der Waals surface area contributed by atoms with Crippen molar-refractivity contribution in [3.8, 4) is 0 Å². The fourth-order valence-electron chi connectivity index (χ4n) is 1.69. The smallest absolute Gasteiger partial charge is 0.225 e. The van der Waals surface area contributed by atoms with Crippen LogP contribution in [0.15, 0.2) is 12.3 Å². The van der Waals surface area contributed by atoms with E-state index in [2.05, 4.69) is 35.6 Å². The summed E-state index contributed by atoms with van der Waals surface area (Å²) in [4.78, 5) is 11.1. The first kappa shape index (κ1) is 13.9. The van der Waals surface area contributed by atoms with Gasteiger partial charge in [-0.15, -0.1) is 0 Å². The molecule has 0 atom stereocenters. The predicted octanol–water partition coefficient (Wildman–Crippen LogP) is 1.99. The van der Waals surface area contributed by atoms with Gasteiger partial charge in [0.25, 0.3) is 0 Å². The van der Waals surface area contributed by atoms with E-state index in [1.807, 2.05) is 19.2 Å². The second kappa shape index (κ2) is 5.96. The first-order chi connectivity index (χ1) is 7.98. The van der Waals surface area contributed by atoms with Crippen LogP contribution < -0.4 is 10.6 Å². The summed E-state index contributed by atoms with van der Waals surface area (Å²) in [6, 6.07) is 1.92. The molecule has 96 valence electrons. The molecule has 4 heteroatoms. The van der Waals surface area contributed by atoms with Gasteiger partial charge in [0, 0.05) is 25.0 Å². The minimum Gasteiger partial charge on any atom is -0.340 e. The lowest BCUT2D eigenvalue weighted by Crippen LogP contribution is -2.40. The molecule has 4 nitrogen and oxygen atoms in total. The fourth-order valence-corrected chi connectivity index (χ4v) is 1.69. The second-order valence-corrected chi connectivity index (χ2v) is 5.29. The van der Waals surface area contributed by atoms with Crippen molar-refractivity contribution in [2.24, 2.45) is 11.1 Å². The van der Waals surface area contributed by atoms with Crippen molar-refractivity contribution in [2.45, 2.75) is 34.1 Å². The van der Waals surface area contributed by atoms with Crippen molar-refractivity contribution in [3.63, 3.8) is 0 Å². The normalized spacial score (nSPS) is 11.6. The molecule has 0 saturated carbocycles. The Morgan fingerprint density at radius 3 is 2.65 bits per heavy atom. The molecule has 0 aliphatic heterocycles. The number of rotatable bonds is 6. The Balaban J connectivity index is 2.85. The standard InChI is InChI=1S/C13H24N4/c1-5-8-17(10-13(3,4)9-14)12-15-7-6-11(2)16-12/h6-7H,5,8-10,14H2,1-4H3. The highest BCUT2D eigenvalue weighted by Crippen LogP contribution is 2.18. The topological polar surface area (TPSA) is 55.0 Å². The van der Waals surface area contributed by atoms with Crippen molar-refractivity contribution >= 4 is 5.95 Å². The fraction of sp³-hybridized carbons (Fsp3) is 0.692. The van der Waals surface area contributed by atoms with Crippen LogP contribution in [-0.2, 0) is 0 Å². The summed E-state index contributed by atoms with van der Waals surface area (Å²) in [6.07, 6.45) is 2.90. The van der Waals surface area contributed by atoms with Gasteiger partial charge in [-0.1, -0.05) is 20.8 Å². The molecule has 1 heterocycles. The van der Waals surface area contributed by atoms with Crippen molar-refractivity contribution in [1.29, 1.82) is 0 Å². The molecule has 0 fully saturated rings. The van der Waals surface area contributed by atoms with Gasteiger partial charge < -0.3 is 10.6 Å². The van der Waals surface area contributed by atoms with Gasteiger partial charge in [-0.25, -0.2) is 9.97 Å². The maximum absolute atomic E-state index is 5.79. The molecule has 2 N–H and O–H groups in total. The van der Waals surface area contributed by atoms with Crippen LogP contribution in [0.5, 0.6) is 0 Å². The van der Waals surface area contributed by atoms with E-state index < -0.39 is 0 Å². The average Bonchev–Trinajstić information content (AvgIpc) is 2.28. The highest BCUT2D eigenvalue weighted by atomic mass is 15.2. The predicted molar refractivity (Wildman–Crippen MR) is 72.1 cm³/mol. The van der Waals surface area contributed by atoms with Crippen LogP contribution in [0.1, 0.15) is 32.9 Å². The number of aryl methyl sites for hydroxylation is 1. The third-order valence-electron chi connectivity index (χ3n) is 2.73. The van der Waals surface area contributed by atoms with E-state index in [0.29, 0.717) is 6.54 Å². The van der Waals surface area contributed by atoms with Crippen molar-refractivity contribution in [1.82, 2.24) is 9.97 Å². The quantitative estimate of drug-likeness (QED) is 0.820. The summed E-state index contributed by atoms with van der Waals surface area (Å²) in [5, 5.41) is 0. The third kappa shape index (κ3) is 4.30. The van der Waals surface area contributed by atoms with Crippen LogP contribution >= 0.6 is 0 Å². The Morgan fingerprint density at radius 1 is 1.41 bits per heavy atom. The van der Waals surface area contributed by atoms with Gasteiger partial charge in [0.2, 0.25) is 5.95 Å². The van der Waals surface area contributed by atoms with Gasteiger partial charge in [-0.05, 0) is 31.4 Å². The summed E-state index contributed by atoms with van der Waals surface area (Å²) in [6.45, 7) is 11.0.